The SMILES string of the molecule is CSC1CCCC1NCc1ccc2c(c1)CCO2. The second-order valence-electron chi connectivity index (χ2n) is 5.23. The lowest BCUT2D eigenvalue weighted by molar-refractivity contribution is 0.357. The molecule has 1 saturated carbocycles. The van der Waals surface area contributed by atoms with Crippen molar-refractivity contribution >= 4 is 11.8 Å². The molecule has 2 aliphatic rings. The zero-order chi connectivity index (χ0) is 12.4. The van der Waals surface area contributed by atoms with E-state index in [0.717, 1.165) is 30.6 Å². The van der Waals surface area contributed by atoms with Crippen LogP contribution in [0.25, 0.3) is 0 Å². The van der Waals surface area contributed by atoms with E-state index >= 15 is 0 Å². The first kappa shape index (κ1) is 12.4. The third-order valence-corrected chi connectivity index (χ3v) is 5.25. The first-order valence-corrected chi connectivity index (χ1v) is 8.16. The van der Waals surface area contributed by atoms with Gasteiger partial charge in [-0.2, -0.15) is 11.8 Å². The van der Waals surface area contributed by atoms with Gasteiger partial charge in [0.15, 0.2) is 0 Å². The van der Waals surface area contributed by atoms with E-state index in [-0.39, 0.29) is 0 Å². The minimum absolute atomic E-state index is 0.699. The smallest absolute Gasteiger partial charge is 0.122 e. The fourth-order valence-corrected chi connectivity index (χ4v) is 4.00. The van der Waals surface area contributed by atoms with E-state index < -0.39 is 0 Å². The van der Waals surface area contributed by atoms with Crippen LogP contribution in [-0.4, -0.2) is 24.2 Å². The van der Waals surface area contributed by atoms with Crippen LogP contribution in [0.5, 0.6) is 5.75 Å². The number of benzene rings is 1. The first-order chi connectivity index (χ1) is 8.86. The molecule has 0 amide bonds. The van der Waals surface area contributed by atoms with Crippen molar-refractivity contribution in [3.8, 4) is 5.75 Å². The fraction of sp³-hybridized carbons (Fsp3) is 0.600. The zero-order valence-electron chi connectivity index (χ0n) is 10.9. The largest absolute Gasteiger partial charge is 0.493 e. The minimum Gasteiger partial charge on any atom is -0.493 e. The van der Waals surface area contributed by atoms with Gasteiger partial charge in [-0.05, 0) is 36.3 Å². The quantitative estimate of drug-likeness (QED) is 0.902. The minimum atomic E-state index is 0.699. The van der Waals surface area contributed by atoms with Gasteiger partial charge in [0.25, 0.3) is 0 Å². The van der Waals surface area contributed by atoms with E-state index in [1.54, 1.807) is 0 Å². The van der Waals surface area contributed by atoms with Gasteiger partial charge in [-0.25, -0.2) is 0 Å². The van der Waals surface area contributed by atoms with Crippen LogP contribution in [0.15, 0.2) is 18.2 Å². The van der Waals surface area contributed by atoms with E-state index in [9.17, 15) is 0 Å². The molecule has 2 nitrogen and oxygen atoms in total. The number of thioether (sulfide) groups is 1. The molecule has 1 aliphatic heterocycles. The number of fused-ring (bicyclic) bond motifs is 1. The molecule has 0 radical (unpaired) electrons. The number of nitrogens with one attached hydrogen (secondary N) is 1. The molecule has 0 saturated heterocycles. The number of hydrogen-bond acceptors (Lipinski definition) is 3. The Hall–Kier alpha value is -0.670. The van der Waals surface area contributed by atoms with E-state index in [4.69, 9.17) is 4.74 Å². The van der Waals surface area contributed by atoms with Crippen molar-refractivity contribution in [3.05, 3.63) is 29.3 Å². The van der Waals surface area contributed by atoms with Crippen LogP contribution in [-0.2, 0) is 13.0 Å². The third-order valence-electron chi connectivity index (χ3n) is 4.08. The van der Waals surface area contributed by atoms with Crippen molar-refractivity contribution in [3.63, 3.8) is 0 Å². The molecule has 0 bridgehead atoms. The molecule has 1 fully saturated rings. The number of rotatable bonds is 4. The highest BCUT2D eigenvalue weighted by atomic mass is 32.2. The molecular weight excluding hydrogens is 242 g/mol. The van der Waals surface area contributed by atoms with Gasteiger partial charge in [0.1, 0.15) is 5.75 Å². The van der Waals surface area contributed by atoms with Crippen molar-refractivity contribution in [2.24, 2.45) is 0 Å². The van der Waals surface area contributed by atoms with Crippen molar-refractivity contribution in [1.29, 1.82) is 0 Å². The first-order valence-electron chi connectivity index (χ1n) is 6.87. The average molecular weight is 263 g/mol. The van der Waals surface area contributed by atoms with E-state index in [1.807, 2.05) is 11.8 Å². The second kappa shape index (κ2) is 5.54. The predicted molar refractivity (Wildman–Crippen MR) is 77.4 cm³/mol. The predicted octanol–water partition coefficient (Wildman–Crippen LogP) is 3.00. The Morgan fingerprint density at radius 2 is 2.33 bits per heavy atom. The summed E-state index contributed by atoms with van der Waals surface area (Å²) in [5.74, 6) is 1.08. The molecule has 0 aromatic heterocycles. The highest BCUT2D eigenvalue weighted by Crippen LogP contribution is 2.29. The Bertz CT molecular complexity index is 421. The average Bonchev–Trinajstić information content (AvgIpc) is 3.04. The summed E-state index contributed by atoms with van der Waals surface area (Å²) >= 11 is 2.01. The second-order valence-corrected chi connectivity index (χ2v) is 6.31. The maximum Gasteiger partial charge on any atom is 0.122 e. The lowest BCUT2D eigenvalue weighted by Crippen LogP contribution is -2.33. The molecule has 1 aromatic carbocycles. The molecule has 18 heavy (non-hydrogen) atoms. The molecule has 2 unspecified atom stereocenters. The standard InChI is InChI=1S/C15H21NOS/c1-18-15-4-2-3-13(15)16-10-11-5-6-14-12(9-11)7-8-17-14/h5-6,9,13,15-16H,2-4,7-8,10H2,1H3. The van der Waals surface area contributed by atoms with Crippen LogP contribution in [0.1, 0.15) is 30.4 Å². The Labute approximate surface area is 113 Å². The van der Waals surface area contributed by atoms with Crippen LogP contribution in [0.2, 0.25) is 0 Å². The summed E-state index contributed by atoms with van der Waals surface area (Å²) in [4.78, 5) is 0. The van der Waals surface area contributed by atoms with Gasteiger partial charge in [-0.15, -0.1) is 0 Å². The summed E-state index contributed by atoms with van der Waals surface area (Å²) in [5, 5.41) is 4.54. The van der Waals surface area contributed by atoms with Crippen molar-refractivity contribution in [2.45, 2.75) is 43.5 Å². The van der Waals surface area contributed by atoms with Gasteiger partial charge < -0.3 is 10.1 Å². The molecule has 3 heteroatoms. The van der Waals surface area contributed by atoms with Gasteiger partial charge >= 0.3 is 0 Å². The summed E-state index contributed by atoms with van der Waals surface area (Å²) in [6.45, 7) is 1.85. The van der Waals surface area contributed by atoms with Crippen LogP contribution in [0.3, 0.4) is 0 Å². The summed E-state index contributed by atoms with van der Waals surface area (Å²) in [5.41, 5.74) is 2.77. The molecule has 1 aromatic rings. The number of hydrogen-bond donors (Lipinski definition) is 1. The van der Waals surface area contributed by atoms with Gasteiger partial charge in [-0.1, -0.05) is 18.6 Å². The van der Waals surface area contributed by atoms with Crippen molar-refractivity contribution < 1.29 is 4.74 Å². The van der Waals surface area contributed by atoms with Gasteiger partial charge in [0.05, 0.1) is 6.61 Å². The lowest BCUT2D eigenvalue weighted by atomic mass is 10.1. The molecule has 98 valence electrons. The summed E-state index contributed by atoms with van der Waals surface area (Å²) in [7, 11) is 0. The van der Waals surface area contributed by atoms with E-state index in [1.165, 1.54) is 30.4 Å². The fourth-order valence-electron chi connectivity index (χ4n) is 3.04. The maximum atomic E-state index is 5.54. The topological polar surface area (TPSA) is 21.3 Å². The normalized spacial score (nSPS) is 26.1. The Kier molecular flexibility index (Phi) is 3.80. The van der Waals surface area contributed by atoms with Crippen molar-refractivity contribution in [2.75, 3.05) is 12.9 Å². The van der Waals surface area contributed by atoms with Crippen LogP contribution < -0.4 is 10.1 Å². The Balaban J connectivity index is 1.60. The molecule has 1 aliphatic carbocycles. The maximum absolute atomic E-state index is 5.54. The van der Waals surface area contributed by atoms with Crippen LogP contribution in [0, 0.1) is 0 Å². The zero-order valence-corrected chi connectivity index (χ0v) is 11.8. The molecule has 0 spiro atoms. The lowest BCUT2D eigenvalue weighted by Gasteiger charge is -2.19. The summed E-state index contributed by atoms with van der Waals surface area (Å²) in [6, 6.07) is 7.32. The summed E-state index contributed by atoms with van der Waals surface area (Å²) < 4.78 is 5.54. The monoisotopic (exact) mass is 263 g/mol. The molecular formula is C15H21NOS. The van der Waals surface area contributed by atoms with Gasteiger partial charge in [-0.3, -0.25) is 0 Å². The summed E-state index contributed by atoms with van der Waals surface area (Å²) in [6.07, 6.45) is 7.38. The van der Waals surface area contributed by atoms with Crippen LogP contribution >= 0.6 is 11.8 Å². The third kappa shape index (κ3) is 2.52. The number of ether oxygens (including phenoxy) is 1. The van der Waals surface area contributed by atoms with E-state index in [2.05, 4.69) is 29.8 Å². The highest BCUT2D eigenvalue weighted by molar-refractivity contribution is 7.99. The van der Waals surface area contributed by atoms with Gasteiger partial charge in [0.2, 0.25) is 0 Å². The molecule has 1 heterocycles. The van der Waals surface area contributed by atoms with Crippen molar-refractivity contribution in [1.82, 2.24) is 5.32 Å². The Morgan fingerprint density at radius 1 is 1.39 bits per heavy atom. The van der Waals surface area contributed by atoms with Crippen LogP contribution in [0.4, 0.5) is 0 Å². The molecule has 2 atom stereocenters. The van der Waals surface area contributed by atoms with E-state index in [0.29, 0.717) is 6.04 Å². The Morgan fingerprint density at radius 3 is 3.22 bits per heavy atom. The highest BCUT2D eigenvalue weighted by Gasteiger charge is 2.25. The van der Waals surface area contributed by atoms with Gasteiger partial charge in [0, 0.05) is 24.3 Å². The molecule has 1 N–H and O–H groups in total. The molecule has 3 rings (SSSR count).